The molecule has 0 unspecified atom stereocenters. The molecule has 23 heavy (non-hydrogen) atoms. The van der Waals surface area contributed by atoms with Crippen LogP contribution < -0.4 is 4.90 Å². The Labute approximate surface area is 135 Å². The van der Waals surface area contributed by atoms with E-state index in [2.05, 4.69) is 52.2 Å². The summed E-state index contributed by atoms with van der Waals surface area (Å²) < 4.78 is 7.90. The van der Waals surface area contributed by atoms with Crippen LogP contribution in [-0.4, -0.2) is 34.3 Å². The van der Waals surface area contributed by atoms with Gasteiger partial charge in [0.2, 0.25) is 0 Å². The molecule has 2 aromatic heterocycles. The van der Waals surface area contributed by atoms with E-state index in [1.807, 2.05) is 16.6 Å². The number of morpholine rings is 1. The number of hydrogen-bond acceptors (Lipinski definition) is 4. The molecular weight excluding hydrogens is 288 g/mol. The predicted molar refractivity (Wildman–Crippen MR) is 89.7 cm³/mol. The van der Waals surface area contributed by atoms with Crippen LogP contribution in [0.15, 0.2) is 48.7 Å². The van der Waals surface area contributed by atoms with E-state index in [-0.39, 0.29) is 6.10 Å². The van der Waals surface area contributed by atoms with Gasteiger partial charge in [0.25, 0.3) is 0 Å². The maximum absolute atomic E-state index is 5.98. The number of aromatic nitrogens is 3. The summed E-state index contributed by atoms with van der Waals surface area (Å²) in [6.07, 6.45) is 2.82. The number of anilines is 1. The zero-order chi connectivity index (χ0) is 15.6. The van der Waals surface area contributed by atoms with Crippen molar-refractivity contribution in [3.05, 3.63) is 59.9 Å². The normalized spacial score (nSPS) is 18.5. The Hall–Kier alpha value is -2.40. The molecule has 1 atom stereocenters. The average molecular weight is 308 g/mol. The van der Waals surface area contributed by atoms with Crippen LogP contribution in [0.3, 0.4) is 0 Å². The van der Waals surface area contributed by atoms with E-state index in [1.165, 1.54) is 5.56 Å². The highest BCUT2D eigenvalue weighted by Crippen LogP contribution is 2.26. The van der Waals surface area contributed by atoms with E-state index in [0.29, 0.717) is 6.61 Å². The maximum Gasteiger partial charge on any atom is 0.157 e. The van der Waals surface area contributed by atoms with Gasteiger partial charge in [0.05, 0.1) is 12.8 Å². The van der Waals surface area contributed by atoms with Crippen molar-refractivity contribution in [1.29, 1.82) is 0 Å². The monoisotopic (exact) mass is 308 g/mol. The average Bonchev–Trinajstić information content (AvgIpc) is 3.10. The molecule has 3 heterocycles. The zero-order valence-corrected chi connectivity index (χ0v) is 13.2. The first kappa shape index (κ1) is 14.2. The van der Waals surface area contributed by atoms with E-state index in [9.17, 15) is 0 Å². The van der Waals surface area contributed by atoms with E-state index >= 15 is 0 Å². The van der Waals surface area contributed by atoms with Crippen LogP contribution in [0.2, 0.25) is 0 Å². The Morgan fingerprint density at radius 3 is 2.91 bits per heavy atom. The summed E-state index contributed by atoms with van der Waals surface area (Å²) in [6.45, 7) is 4.54. The molecule has 5 heteroatoms. The second-order valence-corrected chi connectivity index (χ2v) is 5.78. The number of ether oxygens (including phenoxy) is 1. The molecule has 0 amide bonds. The van der Waals surface area contributed by atoms with Gasteiger partial charge in [0.15, 0.2) is 5.65 Å². The first-order valence-corrected chi connectivity index (χ1v) is 8.10. The van der Waals surface area contributed by atoms with Crippen molar-refractivity contribution in [2.75, 3.05) is 24.6 Å². The lowest BCUT2D eigenvalue weighted by molar-refractivity contribution is 0.0394. The van der Waals surface area contributed by atoms with Crippen molar-refractivity contribution in [2.45, 2.75) is 19.4 Å². The smallest absolute Gasteiger partial charge is 0.157 e. The van der Waals surface area contributed by atoms with Crippen LogP contribution in [0.25, 0.3) is 5.65 Å². The van der Waals surface area contributed by atoms with Crippen molar-refractivity contribution >= 4 is 11.5 Å². The number of benzene rings is 1. The summed E-state index contributed by atoms with van der Waals surface area (Å²) in [7, 11) is 0. The van der Waals surface area contributed by atoms with Crippen LogP contribution >= 0.6 is 0 Å². The van der Waals surface area contributed by atoms with Gasteiger partial charge in [-0.05, 0) is 12.0 Å². The molecule has 0 radical (unpaired) electrons. The predicted octanol–water partition coefficient (Wildman–Crippen LogP) is 2.87. The Kier molecular flexibility index (Phi) is 3.71. The van der Waals surface area contributed by atoms with Gasteiger partial charge >= 0.3 is 0 Å². The van der Waals surface area contributed by atoms with Crippen LogP contribution in [-0.2, 0) is 11.2 Å². The Bertz CT molecular complexity index is 799. The van der Waals surface area contributed by atoms with Gasteiger partial charge in [0.1, 0.15) is 11.9 Å². The molecule has 0 bridgehead atoms. The molecule has 0 aliphatic carbocycles. The van der Waals surface area contributed by atoms with Gasteiger partial charge in [-0.15, -0.1) is 0 Å². The lowest BCUT2D eigenvalue weighted by Crippen LogP contribution is -2.39. The van der Waals surface area contributed by atoms with Gasteiger partial charge in [-0.3, -0.25) is 0 Å². The van der Waals surface area contributed by atoms with Gasteiger partial charge in [-0.2, -0.15) is 9.61 Å². The maximum atomic E-state index is 5.98. The highest BCUT2D eigenvalue weighted by Gasteiger charge is 2.24. The van der Waals surface area contributed by atoms with Gasteiger partial charge < -0.3 is 9.64 Å². The molecule has 1 aliphatic heterocycles. The number of aryl methyl sites for hydroxylation is 1. The number of nitrogens with zero attached hydrogens (tertiary/aromatic N) is 4. The standard InChI is InChI=1S/C18H20N4O/c1-2-15-12-18(22-17(20-15)8-9-19-22)21-10-11-23-16(13-21)14-6-4-3-5-7-14/h3-9,12,16H,2,10-11,13H2,1H3/t16-/m0/s1. The third-order valence-electron chi connectivity index (χ3n) is 4.32. The van der Waals surface area contributed by atoms with E-state index in [1.54, 1.807) is 6.20 Å². The van der Waals surface area contributed by atoms with E-state index in [4.69, 9.17) is 4.74 Å². The van der Waals surface area contributed by atoms with Crippen molar-refractivity contribution in [1.82, 2.24) is 14.6 Å². The molecule has 1 saturated heterocycles. The molecule has 1 aromatic carbocycles. The van der Waals surface area contributed by atoms with Gasteiger partial charge in [0, 0.05) is 30.9 Å². The summed E-state index contributed by atoms with van der Waals surface area (Å²) >= 11 is 0. The molecular formula is C18H20N4O. The molecule has 0 spiro atoms. The number of hydrogen-bond donors (Lipinski definition) is 0. The van der Waals surface area contributed by atoms with Crippen molar-refractivity contribution in [3.8, 4) is 0 Å². The van der Waals surface area contributed by atoms with E-state index in [0.717, 1.165) is 36.7 Å². The Balaban J connectivity index is 1.69. The number of fused-ring (bicyclic) bond motifs is 1. The van der Waals surface area contributed by atoms with Gasteiger partial charge in [-0.1, -0.05) is 37.3 Å². The Morgan fingerprint density at radius 1 is 1.22 bits per heavy atom. The highest BCUT2D eigenvalue weighted by molar-refractivity contribution is 5.51. The molecule has 1 fully saturated rings. The van der Waals surface area contributed by atoms with Crippen LogP contribution in [0, 0.1) is 0 Å². The van der Waals surface area contributed by atoms with Crippen LogP contribution in [0.1, 0.15) is 24.3 Å². The van der Waals surface area contributed by atoms with Crippen LogP contribution in [0.4, 0.5) is 5.82 Å². The fourth-order valence-electron chi connectivity index (χ4n) is 3.08. The zero-order valence-electron chi connectivity index (χ0n) is 13.2. The molecule has 1 aliphatic rings. The second kappa shape index (κ2) is 6.01. The lowest BCUT2D eigenvalue weighted by Gasteiger charge is -2.34. The van der Waals surface area contributed by atoms with Crippen LogP contribution in [0.5, 0.6) is 0 Å². The molecule has 3 aromatic rings. The number of rotatable bonds is 3. The van der Waals surface area contributed by atoms with Crippen molar-refractivity contribution < 1.29 is 4.74 Å². The molecule has 0 saturated carbocycles. The minimum Gasteiger partial charge on any atom is -0.370 e. The molecule has 118 valence electrons. The minimum absolute atomic E-state index is 0.0915. The highest BCUT2D eigenvalue weighted by atomic mass is 16.5. The summed E-state index contributed by atoms with van der Waals surface area (Å²) in [6, 6.07) is 14.5. The first-order valence-electron chi connectivity index (χ1n) is 8.10. The SMILES string of the molecule is CCc1cc(N2CCO[C@H](c3ccccc3)C2)n2nccc2n1. The summed E-state index contributed by atoms with van der Waals surface area (Å²) in [5, 5.41) is 4.44. The second-order valence-electron chi connectivity index (χ2n) is 5.78. The fraction of sp³-hybridized carbons (Fsp3) is 0.333. The molecule has 4 rings (SSSR count). The first-order chi connectivity index (χ1) is 11.3. The van der Waals surface area contributed by atoms with Crippen molar-refractivity contribution in [3.63, 3.8) is 0 Å². The molecule has 5 nitrogen and oxygen atoms in total. The third-order valence-corrected chi connectivity index (χ3v) is 4.32. The quantitative estimate of drug-likeness (QED) is 0.746. The van der Waals surface area contributed by atoms with Crippen molar-refractivity contribution in [2.24, 2.45) is 0 Å². The third kappa shape index (κ3) is 2.68. The fourth-order valence-corrected chi connectivity index (χ4v) is 3.08. The lowest BCUT2D eigenvalue weighted by atomic mass is 10.1. The Morgan fingerprint density at radius 2 is 2.09 bits per heavy atom. The topological polar surface area (TPSA) is 42.7 Å². The summed E-state index contributed by atoms with van der Waals surface area (Å²) in [5.41, 5.74) is 3.22. The summed E-state index contributed by atoms with van der Waals surface area (Å²) in [4.78, 5) is 6.98. The summed E-state index contributed by atoms with van der Waals surface area (Å²) in [5.74, 6) is 1.10. The molecule has 0 N–H and O–H groups in total. The van der Waals surface area contributed by atoms with Gasteiger partial charge in [-0.25, -0.2) is 4.98 Å². The van der Waals surface area contributed by atoms with E-state index < -0.39 is 0 Å². The minimum atomic E-state index is 0.0915. The largest absolute Gasteiger partial charge is 0.370 e.